The Morgan fingerprint density at radius 2 is 2.00 bits per heavy atom. The highest BCUT2D eigenvalue weighted by molar-refractivity contribution is 5.69. The number of carbonyl (C=O) groups is 1. The van der Waals surface area contributed by atoms with E-state index in [4.69, 9.17) is 4.74 Å². The number of nitrogens with zero attached hydrogens (tertiary/aromatic N) is 1. The molecule has 0 aromatic heterocycles. The molecule has 0 aromatic rings. The number of rotatable bonds is 4. The quantitative estimate of drug-likeness (QED) is 0.752. The van der Waals surface area contributed by atoms with Crippen LogP contribution in [0.15, 0.2) is 4.99 Å². The second-order valence-electron chi connectivity index (χ2n) is 5.17. The third-order valence-electron chi connectivity index (χ3n) is 2.05. The van der Waals surface area contributed by atoms with Crippen molar-refractivity contribution < 1.29 is 9.53 Å². The fraction of sp³-hybridized carbons (Fsp3) is 0.833. The van der Waals surface area contributed by atoms with Gasteiger partial charge in [-0.15, -0.1) is 0 Å². The van der Waals surface area contributed by atoms with Gasteiger partial charge in [-0.1, -0.05) is 13.8 Å². The van der Waals surface area contributed by atoms with Gasteiger partial charge in [0, 0.05) is 25.7 Å². The van der Waals surface area contributed by atoms with Crippen LogP contribution in [0.25, 0.3) is 0 Å². The lowest BCUT2D eigenvalue weighted by atomic mass is 10.0. The lowest BCUT2D eigenvalue weighted by molar-refractivity contribution is 0.0493. The molecule has 1 atom stereocenters. The van der Waals surface area contributed by atoms with E-state index in [0.29, 0.717) is 5.92 Å². The number of ether oxygens (including phenoxy) is 1. The van der Waals surface area contributed by atoms with Crippen molar-refractivity contribution in [3.05, 3.63) is 0 Å². The summed E-state index contributed by atoms with van der Waals surface area (Å²) in [6.45, 7) is 9.68. The van der Waals surface area contributed by atoms with Gasteiger partial charge in [0.2, 0.25) is 0 Å². The van der Waals surface area contributed by atoms with Crippen LogP contribution in [0, 0.1) is 5.92 Å². The number of alkyl carbamates (subject to hydrolysis) is 1. The first-order valence-corrected chi connectivity index (χ1v) is 5.66. The molecule has 1 N–H and O–H groups in total. The van der Waals surface area contributed by atoms with Gasteiger partial charge in [0.25, 0.3) is 0 Å². The molecule has 0 unspecified atom stereocenters. The van der Waals surface area contributed by atoms with Crippen molar-refractivity contribution >= 4 is 12.3 Å². The molecule has 94 valence electrons. The van der Waals surface area contributed by atoms with Crippen molar-refractivity contribution in [1.29, 1.82) is 0 Å². The highest BCUT2D eigenvalue weighted by Crippen LogP contribution is 2.09. The number of amides is 1. The minimum atomic E-state index is -0.454. The summed E-state index contributed by atoms with van der Waals surface area (Å²) < 4.78 is 5.20. The summed E-state index contributed by atoms with van der Waals surface area (Å²) in [5, 5.41) is 2.86. The molecule has 0 aliphatic heterocycles. The van der Waals surface area contributed by atoms with Crippen LogP contribution in [0.4, 0.5) is 4.79 Å². The Balaban J connectivity index is 4.24. The molecule has 0 saturated heterocycles. The van der Waals surface area contributed by atoms with E-state index in [0.717, 1.165) is 6.42 Å². The maximum absolute atomic E-state index is 11.6. The van der Waals surface area contributed by atoms with Gasteiger partial charge >= 0.3 is 6.09 Å². The van der Waals surface area contributed by atoms with Gasteiger partial charge < -0.3 is 15.0 Å². The van der Waals surface area contributed by atoms with E-state index in [1.54, 1.807) is 7.05 Å². The summed E-state index contributed by atoms with van der Waals surface area (Å²) in [5.41, 5.74) is -0.454. The molecule has 0 radical (unpaired) electrons. The molecule has 0 rings (SSSR count). The van der Waals surface area contributed by atoms with Crippen LogP contribution in [-0.4, -0.2) is 31.0 Å². The average molecular weight is 228 g/mol. The molecule has 0 saturated carbocycles. The third-order valence-corrected chi connectivity index (χ3v) is 2.05. The van der Waals surface area contributed by atoms with E-state index in [-0.39, 0.29) is 12.1 Å². The van der Waals surface area contributed by atoms with Gasteiger partial charge in [0.05, 0.1) is 0 Å². The summed E-state index contributed by atoms with van der Waals surface area (Å²) in [6, 6.07) is 0.0681. The van der Waals surface area contributed by atoms with Gasteiger partial charge in [-0.25, -0.2) is 4.79 Å². The lowest BCUT2D eigenvalue weighted by Gasteiger charge is -2.24. The Kier molecular flexibility index (Phi) is 6.08. The second kappa shape index (κ2) is 6.51. The highest BCUT2D eigenvalue weighted by Gasteiger charge is 2.20. The molecular formula is C12H24N2O2. The van der Waals surface area contributed by atoms with Crippen LogP contribution in [0.2, 0.25) is 0 Å². The number of carbonyl (C=O) groups excluding carboxylic acids is 1. The Labute approximate surface area is 98.5 Å². The molecule has 0 heterocycles. The molecule has 4 nitrogen and oxygen atoms in total. The Morgan fingerprint density at radius 1 is 1.44 bits per heavy atom. The van der Waals surface area contributed by atoms with Crippen molar-refractivity contribution in [2.24, 2.45) is 10.9 Å². The summed E-state index contributed by atoms with van der Waals surface area (Å²) in [7, 11) is 1.73. The second-order valence-corrected chi connectivity index (χ2v) is 5.17. The maximum atomic E-state index is 11.6. The topological polar surface area (TPSA) is 50.7 Å². The number of hydrogen-bond acceptors (Lipinski definition) is 3. The van der Waals surface area contributed by atoms with Gasteiger partial charge in [0.1, 0.15) is 5.60 Å². The Hall–Kier alpha value is -1.06. The Bertz CT molecular complexity index is 242. The van der Waals surface area contributed by atoms with Crippen LogP contribution < -0.4 is 5.32 Å². The molecule has 0 fully saturated rings. The third kappa shape index (κ3) is 7.26. The summed E-state index contributed by atoms with van der Waals surface area (Å²) in [5.74, 6) is 0.352. The summed E-state index contributed by atoms with van der Waals surface area (Å²) in [6.07, 6.45) is 2.17. The first-order valence-electron chi connectivity index (χ1n) is 5.66. The van der Waals surface area contributed by atoms with E-state index in [9.17, 15) is 4.79 Å². The smallest absolute Gasteiger partial charge is 0.407 e. The standard InChI is InChI=1S/C12H24N2O2/c1-9(2)10(7-8-13-6)14-11(15)16-12(3,4)5/h8-10H,7H2,1-6H3,(H,14,15)/t10-/m0/s1. The van der Waals surface area contributed by atoms with Crippen LogP contribution in [-0.2, 0) is 4.74 Å². The zero-order valence-electron chi connectivity index (χ0n) is 11.2. The lowest BCUT2D eigenvalue weighted by Crippen LogP contribution is -2.41. The first-order chi connectivity index (χ1) is 7.26. The van der Waals surface area contributed by atoms with Crippen molar-refractivity contribution in [2.45, 2.75) is 52.7 Å². The molecule has 0 aliphatic rings. The van der Waals surface area contributed by atoms with Crippen molar-refractivity contribution in [3.63, 3.8) is 0 Å². The van der Waals surface area contributed by atoms with Crippen LogP contribution >= 0.6 is 0 Å². The number of hydrogen-bond donors (Lipinski definition) is 1. The van der Waals surface area contributed by atoms with Crippen LogP contribution in [0.3, 0.4) is 0 Å². The van der Waals surface area contributed by atoms with E-state index >= 15 is 0 Å². The van der Waals surface area contributed by atoms with E-state index in [1.807, 2.05) is 27.0 Å². The first kappa shape index (κ1) is 14.9. The predicted octanol–water partition coefficient (Wildman–Crippen LogP) is 2.63. The average Bonchev–Trinajstić information content (AvgIpc) is 2.08. The van der Waals surface area contributed by atoms with E-state index < -0.39 is 5.60 Å². The monoisotopic (exact) mass is 228 g/mol. The molecule has 0 aliphatic carbocycles. The zero-order valence-corrected chi connectivity index (χ0v) is 11.2. The Morgan fingerprint density at radius 3 is 2.38 bits per heavy atom. The molecule has 0 aromatic carbocycles. The fourth-order valence-electron chi connectivity index (χ4n) is 1.18. The molecule has 0 bridgehead atoms. The summed E-state index contributed by atoms with van der Waals surface area (Å²) >= 11 is 0. The minimum absolute atomic E-state index is 0.0681. The van der Waals surface area contributed by atoms with E-state index in [2.05, 4.69) is 24.2 Å². The molecule has 4 heteroatoms. The van der Waals surface area contributed by atoms with Crippen LogP contribution in [0.5, 0.6) is 0 Å². The van der Waals surface area contributed by atoms with Crippen LogP contribution in [0.1, 0.15) is 41.0 Å². The molecule has 16 heavy (non-hydrogen) atoms. The van der Waals surface area contributed by atoms with Crippen molar-refractivity contribution in [3.8, 4) is 0 Å². The van der Waals surface area contributed by atoms with Gasteiger partial charge in [-0.05, 0) is 26.7 Å². The zero-order chi connectivity index (χ0) is 12.8. The van der Waals surface area contributed by atoms with Gasteiger partial charge in [0.15, 0.2) is 0 Å². The maximum Gasteiger partial charge on any atom is 0.407 e. The predicted molar refractivity (Wildman–Crippen MR) is 67.0 cm³/mol. The number of aliphatic imine (C=N–C) groups is 1. The molecule has 1 amide bonds. The van der Waals surface area contributed by atoms with Gasteiger partial charge in [-0.2, -0.15) is 0 Å². The molecule has 0 spiro atoms. The fourth-order valence-corrected chi connectivity index (χ4v) is 1.18. The summed E-state index contributed by atoms with van der Waals surface area (Å²) in [4.78, 5) is 15.5. The van der Waals surface area contributed by atoms with Crippen molar-refractivity contribution in [2.75, 3.05) is 7.05 Å². The van der Waals surface area contributed by atoms with Crippen molar-refractivity contribution in [1.82, 2.24) is 5.32 Å². The largest absolute Gasteiger partial charge is 0.444 e. The van der Waals surface area contributed by atoms with E-state index in [1.165, 1.54) is 0 Å². The number of nitrogens with one attached hydrogen (secondary N) is 1. The normalized spacial score (nSPS) is 14.2. The molecular weight excluding hydrogens is 204 g/mol. The van der Waals surface area contributed by atoms with Gasteiger partial charge in [-0.3, -0.25) is 0 Å². The SMILES string of the molecule is CN=CC[C@H](NC(=O)OC(C)(C)C)C(C)C. The highest BCUT2D eigenvalue weighted by atomic mass is 16.6. The minimum Gasteiger partial charge on any atom is -0.444 e.